The standard InChI is InChI=1S/C5H11NO2.C4H8O2/c1-3(2)4(6)5(7)8;1-2-3-4(5)6/h3-4H,6H2,1-2H3,(H,7,8);2-3H2,1H3,(H,5,6)/t4-;/m0./s1. The van der Waals surface area contributed by atoms with Crippen molar-refractivity contribution in [2.75, 3.05) is 0 Å². The molecule has 0 rings (SSSR count). The fourth-order valence-electron chi connectivity index (χ4n) is 0.499. The van der Waals surface area contributed by atoms with Gasteiger partial charge in [-0.05, 0) is 12.3 Å². The third-order valence-corrected chi connectivity index (χ3v) is 1.47. The molecule has 0 saturated carbocycles. The van der Waals surface area contributed by atoms with Crippen LogP contribution in [0.15, 0.2) is 0 Å². The van der Waals surface area contributed by atoms with Crippen LogP contribution in [0.1, 0.15) is 33.6 Å². The summed E-state index contributed by atoms with van der Waals surface area (Å²) >= 11 is 0. The molecular formula is C9H19NO4. The largest absolute Gasteiger partial charge is 0.481 e. The van der Waals surface area contributed by atoms with E-state index in [4.69, 9.17) is 15.9 Å². The molecular weight excluding hydrogens is 186 g/mol. The Hall–Kier alpha value is -1.10. The summed E-state index contributed by atoms with van der Waals surface area (Å²) in [5.41, 5.74) is 5.16. The zero-order chi connectivity index (χ0) is 11.7. The number of hydrogen-bond donors (Lipinski definition) is 3. The van der Waals surface area contributed by atoms with Gasteiger partial charge in [-0.25, -0.2) is 0 Å². The Morgan fingerprint density at radius 2 is 1.71 bits per heavy atom. The van der Waals surface area contributed by atoms with Crippen molar-refractivity contribution >= 4 is 11.9 Å². The van der Waals surface area contributed by atoms with E-state index in [1.54, 1.807) is 13.8 Å². The van der Waals surface area contributed by atoms with E-state index >= 15 is 0 Å². The molecule has 0 aliphatic heterocycles. The molecule has 0 heterocycles. The predicted molar refractivity (Wildman–Crippen MR) is 53.0 cm³/mol. The maximum absolute atomic E-state index is 10.0. The lowest BCUT2D eigenvalue weighted by molar-refractivity contribution is -0.139. The minimum absolute atomic E-state index is 0.0208. The highest BCUT2D eigenvalue weighted by Crippen LogP contribution is 1.96. The third-order valence-electron chi connectivity index (χ3n) is 1.47. The molecule has 0 unspecified atom stereocenters. The Bertz CT molecular complexity index is 180. The molecule has 0 spiro atoms. The van der Waals surface area contributed by atoms with Crippen LogP contribution >= 0.6 is 0 Å². The Balaban J connectivity index is 0. The van der Waals surface area contributed by atoms with E-state index in [1.165, 1.54) is 0 Å². The molecule has 0 aliphatic rings. The summed E-state index contributed by atoms with van der Waals surface area (Å²) in [5, 5.41) is 16.1. The Morgan fingerprint density at radius 3 is 1.71 bits per heavy atom. The first-order valence-corrected chi connectivity index (χ1v) is 4.53. The zero-order valence-electron chi connectivity index (χ0n) is 8.86. The Kier molecular flexibility index (Phi) is 9.33. The van der Waals surface area contributed by atoms with E-state index in [2.05, 4.69) is 0 Å². The highest BCUT2D eigenvalue weighted by molar-refractivity contribution is 5.73. The molecule has 5 nitrogen and oxygen atoms in total. The number of hydrogen-bond acceptors (Lipinski definition) is 3. The van der Waals surface area contributed by atoms with Crippen molar-refractivity contribution in [3.63, 3.8) is 0 Å². The molecule has 84 valence electrons. The summed E-state index contributed by atoms with van der Waals surface area (Å²) < 4.78 is 0. The average molecular weight is 205 g/mol. The molecule has 4 N–H and O–H groups in total. The second kappa shape index (κ2) is 8.50. The lowest BCUT2D eigenvalue weighted by atomic mass is 10.1. The normalized spacial score (nSPS) is 11.5. The molecule has 0 bridgehead atoms. The van der Waals surface area contributed by atoms with Gasteiger partial charge in [0.1, 0.15) is 6.04 Å². The summed E-state index contributed by atoms with van der Waals surface area (Å²) in [6, 6.07) is -0.713. The minimum atomic E-state index is -0.931. The molecule has 5 heteroatoms. The van der Waals surface area contributed by atoms with Gasteiger partial charge < -0.3 is 15.9 Å². The minimum Gasteiger partial charge on any atom is -0.481 e. The van der Waals surface area contributed by atoms with E-state index in [-0.39, 0.29) is 5.92 Å². The summed E-state index contributed by atoms with van der Waals surface area (Å²) in [5.74, 6) is -1.62. The monoisotopic (exact) mass is 205 g/mol. The van der Waals surface area contributed by atoms with Gasteiger partial charge in [0.15, 0.2) is 0 Å². The van der Waals surface area contributed by atoms with Crippen molar-refractivity contribution in [2.24, 2.45) is 11.7 Å². The Labute approximate surface area is 83.9 Å². The van der Waals surface area contributed by atoms with E-state index in [0.29, 0.717) is 6.42 Å². The summed E-state index contributed by atoms with van der Waals surface area (Å²) in [6.45, 7) is 5.39. The van der Waals surface area contributed by atoms with Crippen LogP contribution in [-0.4, -0.2) is 28.2 Å². The fraction of sp³-hybridized carbons (Fsp3) is 0.778. The predicted octanol–water partition coefficient (Wildman–Crippen LogP) is 0.925. The molecule has 0 aromatic rings. The fourth-order valence-corrected chi connectivity index (χ4v) is 0.499. The van der Waals surface area contributed by atoms with Gasteiger partial charge in [-0.3, -0.25) is 9.59 Å². The van der Waals surface area contributed by atoms with Crippen LogP contribution in [0.3, 0.4) is 0 Å². The van der Waals surface area contributed by atoms with Crippen LogP contribution < -0.4 is 5.73 Å². The third kappa shape index (κ3) is 10.9. The Morgan fingerprint density at radius 1 is 1.29 bits per heavy atom. The molecule has 1 atom stereocenters. The van der Waals surface area contributed by atoms with Gasteiger partial charge in [0, 0.05) is 6.42 Å². The van der Waals surface area contributed by atoms with Crippen LogP contribution in [0, 0.1) is 5.92 Å². The first-order valence-electron chi connectivity index (χ1n) is 4.53. The van der Waals surface area contributed by atoms with Crippen molar-refractivity contribution in [3.05, 3.63) is 0 Å². The highest BCUT2D eigenvalue weighted by Gasteiger charge is 2.14. The summed E-state index contributed by atoms with van der Waals surface area (Å²) in [4.78, 5) is 19.6. The van der Waals surface area contributed by atoms with Crippen molar-refractivity contribution in [1.82, 2.24) is 0 Å². The molecule has 0 radical (unpaired) electrons. The van der Waals surface area contributed by atoms with Gasteiger partial charge in [0.2, 0.25) is 0 Å². The van der Waals surface area contributed by atoms with Crippen LogP contribution in [-0.2, 0) is 9.59 Å². The molecule has 0 aromatic heterocycles. The number of carbonyl (C=O) groups is 2. The van der Waals surface area contributed by atoms with Gasteiger partial charge in [-0.15, -0.1) is 0 Å². The second-order valence-corrected chi connectivity index (χ2v) is 3.25. The van der Waals surface area contributed by atoms with Gasteiger partial charge in [0.25, 0.3) is 0 Å². The number of aliphatic carboxylic acids is 2. The van der Waals surface area contributed by atoms with Gasteiger partial charge in [0.05, 0.1) is 0 Å². The lowest BCUT2D eigenvalue weighted by Gasteiger charge is -2.07. The van der Waals surface area contributed by atoms with E-state index < -0.39 is 18.0 Å². The van der Waals surface area contributed by atoms with Crippen LogP contribution in [0.25, 0.3) is 0 Å². The highest BCUT2D eigenvalue weighted by atomic mass is 16.4. The van der Waals surface area contributed by atoms with Crippen LogP contribution in [0.5, 0.6) is 0 Å². The zero-order valence-corrected chi connectivity index (χ0v) is 8.86. The molecule has 0 saturated heterocycles. The van der Waals surface area contributed by atoms with Crippen LogP contribution in [0.4, 0.5) is 0 Å². The van der Waals surface area contributed by atoms with Crippen molar-refractivity contribution < 1.29 is 19.8 Å². The smallest absolute Gasteiger partial charge is 0.320 e. The molecule has 0 aliphatic carbocycles. The molecule has 0 aromatic carbocycles. The van der Waals surface area contributed by atoms with Gasteiger partial charge in [-0.2, -0.15) is 0 Å². The van der Waals surface area contributed by atoms with Gasteiger partial charge in [-0.1, -0.05) is 20.8 Å². The number of carboxylic acid groups (broad SMARTS) is 2. The summed E-state index contributed by atoms with van der Waals surface area (Å²) in [6.07, 6.45) is 1.02. The van der Waals surface area contributed by atoms with Crippen molar-refractivity contribution in [2.45, 2.75) is 39.7 Å². The topological polar surface area (TPSA) is 101 Å². The molecule has 14 heavy (non-hydrogen) atoms. The van der Waals surface area contributed by atoms with Crippen LogP contribution in [0.2, 0.25) is 0 Å². The van der Waals surface area contributed by atoms with Crippen molar-refractivity contribution in [3.8, 4) is 0 Å². The summed E-state index contributed by atoms with van der Waals surface area (Å²) in [7, 11) is 0. The maximum Gasteiger partial charge on any atom is 0.320 e. The quantitative estimate of drug-likeness (QED) is 0.633. The lowest BCUT2D eigenvalue weighted by Crippen LogP contribution is -2.34. The first-order chi connectivity index (χ1) is 6.32. The molecule has 0 fully saturated rings. The average Bonchev–Trinajstić information content (AvgIpc) is 2.03. The first kappa shape index (κ1) is 15.4. The van der Waals surface area contributed by atoms with E-state index in [9.17, 15) is 9.59 Å². The number of nitrogens with two attached hydrogens (primary N) is 1. The van der Waals surface area contributed by atoms with E-state index in [0.717, 1.165) is 6.42 Å². The molecule has 0 amide bonds. The second-order valence-electron chi connectivity index (χ2n) is 3.25. The van der Waals surface area contributed by atoms with Crippen molar-refractivity contribution in [1.29, 1.82) is 0 Å². The number of carboxylic acids is 2. The maximum atomic E-state index is 10.0. The van der Waals surface area contributed by atoms with E-state index in [1.807, 2.05) is 6.92 Å². The number of rotatable bonds is 4. The SMILES string of the molecule is CC(C)[C@H](N)C(=O)O.CCCC(=O)O. The van der Waals surface area contributed by atoms with Gasteiger partial charge >= 0.3 is 11.9 Å².